The Morgan fingerprint density at radius 3 is 2.91 bits per heavy atom. The molecule has 3 aliphatic rings. The monoisotopic (exact) mass is 316 g/mol. The molecule has 2 aliphatic heterocycles. The topological polar surface area (TPSA) is 74.1 Å². The van der Waals surface area contributed by atoms with Crippen LogP contribution in [0.3, 0.4) is 0 Å². The van der Waals surface area contributed by atoms with Crippen LogP contribution >= 0.6 is 0 Å². The molecule has 0 bridgehead atoms. The Balaban J connectivity index is 1.18. The molecule has 1 saturated carbocycles. The molecule has 7 heteroatoms. The van der Waals surface area contributed by atoms with Gasteiger partial charge in [0, 0.05) is 0 Å². The van der Waals surface area contributed by atoms with Crippen LogP contribution in [-0.4, -0.2) is 31.3 Å². The summed E-state index contributed by atoms with van der Waals surface area (Å²) < 4.78 is 5.89. The number of pyridine rings is 1. The third-order valence-electron chi connectivity index (χ3n) is 5.11. The number of hydrogen-bond donors (Lipinski definition) is 2. The summed E-state index contributed by atoms with van der Waals surface area (Å²) in [5.74, 6) is 2.60. The number of hydrazine groups is 1. The first-order valence-electron chi connectivity index (χ1n) is 8.53. The second-order valence-electron chi connectivity index (χ2n) is 6.68. The molecule has 0 aromatic carbocycles. The summed E-state index contributed by atoms with van der Waals surface area (Å²) in [5, 5.41) is 12.9. The van der Waals surface area contributed by atoms with E-state index in [1.54, 1.807) is 0 Å². The molecule has 7 nitrogen and oxygen atoms in total. The Morgan fingerprint density at radius 1 is 1.26 bits per heavy atom. The fourth-order valence-corrected chi connectivity index (χ4v) is 3.64. The zero-order valence-corrected chi connectivity index (χ0v) is 13.3. The number of rotatable bonds is 6. The number of hydrogen-bond acceptors (Lipinski definition) is 7. The zero-order chi connectivity index (χ0) is 15.5. The minimum Gasteiger partial charge on any atom is -0.375 e. The number of anilines is 1. The van der Waals surface area contributed by atoms with Crippen molar-refractivity contribution in [1.82, 2.24) is 15.8 Å². The minimum atomic E-state index is 0.525. The molecular formula is C16H24N6O. The minimum absolute atomic E-state index is 0.525. The number of piperidine rings is 1. The Kier molecular flexibility index (Phi) is 4.39. The standard InChI is InChI=1S/C16H24N6O/c1-2-15(22-11-19-20-21-22)8-18-14(1)10-23-9-13-7-16(13)12-3-5-17-6-4-12/h1-2,8,12-13,16-17H,3-7,9-11H2,(H,19,21)/t13-,16+/m0/s1. The second kappa shape index (κ2) is 6.80. The Labute approximate surface area is 136 Å². The lowest BCUT2D eigenvalue weighted by molar-refractivity contribution is 0.101. The summed E-state index contributed by atoms with van der Waals surface area (Å²) in [6, 6.07) is 4.02. The van der Waals surface area contributed by atoms with Crippen LogP contribution in [-0.2, 0) is 11.3 Å². The van der Waals surface area contributed by atoms with Gasteiger partial charge in [-0.2, -0.15) is 5.53 Å². The van der Waals surface area contributed by atoms with E-state index in [0.717, 1.165) is 35.7 Å². The normalized spacial score (nSPS) is 27.2. The first-order chi connectivity index (χ1) is 11.4. The van der Waals surface area contributed by atoms with E-state index >= 15 is 0 Å². The molecule has 0 spiro atoms. The van der Waals surface area contributed by atoms with Crippen LogP contribution in [0.15, 0.2) is 28.7 Å². The highest BCUT2D eigenvalue weighted by molar-refractivity contribution is 5.43. The molecule has 124 valence electrons. The molecule has 1 aliphatic carbocycles. The van der Waals surface area contributed by atoms with Crippen molar-refractivity contribution in [2.45, 2.75) is 25.9 Å². The SMILES string of the molecule is c1cc(COC[C@@H]2C[C@@H]2C2CCNCC2)ncc1N1CN=NN1. The summed E-state index contributed by atoms with van der Waals surface area (Å²) in [6.07, 6.45) is 5.86. The van der Waals surface area contributed by atoms with Gasteiger partial charge in [-0.3, -0.25) is 4.98 Å². The maximum absolute atomic E-state index is 5.89. The van der Waals surface area contributed by atoms with Crippen LogP contribution in [0.25, 0.3) is 0 Å². The summed E-state index contributed by atoms with van der Waals surface area (Å²) in [6.45, 7) is 4.38. The molecule has 23 heavy (non-hydrogen) atoms. The molecular weight excluding hydrogens is 292 g/mol. The molecule has 0 radical (unpaired) electrons. The van der Waals surface area contributed by atoms with Gasteiger partial charge in [-0.05, 0) is 62.2 Å². The molecule has 0 unspecified atom stereocenters. The fraction of sp³-hybridized carbons (Fsp3) is 0.688. The summed E-state index contributed by atoms with van der Waals surface area (Å²) >= 11 is 0. The number of nitrogens with one attached hydrogen (secondary N) is 2. The molecule has 4 rings (SSSR count). The van der Waals surface area contributed by atoms with Gasteiger partial charge in [-0.15, -0.1) is 5.11 Å². The van der Waals surface area contributed by atoms with Crippen molar-refractivity contribution in [3.63, 3.8) is 0 Å². The fourth-order valence-electron chi connectivity index (χ4n) is 3.64. The van der Waals surface area contributed by atoms with Crippen LogP contribution in [0.4, 0.5) is 5.69 Å². The quantitative estimate of drug-likeness (QED) is 0.838. The maximum Gasteiger partial charge on any atom is 0.154 e. The largest absolute Gasteiger partial charge is 0.375 e. The second-order valence-corrected chi connectivity index (χ2v) is 6.68. The Bertz CT molecular complexity index is 534. The van der Waals surface area contributed by atoms with Gasteiger partial charge in [-0.25, -0.2) is 5.01 Å². The first-order valence-corrected chi connectivity index (χ1v) is 8.53. The van der Waals surface area contributed by atoms with Gasteiger partial charge >= 0.3 is 0 Å². The van der Waals surface area contributed by atoms with E-state index < -0.39 is 0 Å². The van der Waals surface area contributed by atoms with Gasteiger partial charge in [-0.1, -0.05) is 5.22 Å². The van der Waals surface area contributed by atoms with Crippen molar-refractivity contribution in [1.29, 1.82) is 0 Å². The third-order valence-corrected chi connectivity index (χ3v) is 5.11. The average Bonchev–Trinajstić information content (AvgIpc) is 3.17. The molecule has 1 aromatic rings. The van der Waals surface area contributed by atoms with E-state index in [-0.39, 0.29) is 0 Å². The Hall–Kier alpha value is -1.73. The lowest BCUT2D eigenvalue weighted by Gasteiger charge is -2.22. The van der Waals surface area contributed by atoms with Gasteiger partial charge in [0.2, 0.25) is 0 Å². The lowest BCUT2D eigenvalue weighted by atomic mass is 9.92. The third kappa shape index (κ3) is 3.61. The number of aromatic nitrogens is 1. The van der Waals surface area contributed by atoms with Crippen molar-refractivity contribution < 1.29 is 4.74 Å². The highest BCUT2D eigenvalue weighted by Gasteiger charge is 2.42. The molecule has 0 amide bonds. The summed E-state index contributed by atoms with van der Waals surface area (Å²) in [4.78, 5) is 4.45. The van der Waals surface area contributed by atoms with E-state index in [4.69, 9.17) is 4.74 Å². The maximum atomic E-state index is 5.89. The summed E-state index contributed by atoms with van der Waals surface area (Å²) in [5.41, 5.74) is 4.75. The van der Waals surface area contributed by atoms with E-state index in [0.29, 0.717) is 13.3 Å². The molecule has 2 fully saturated rings. The van der Waals surface area contributed by atoms with E-state index in [2.05, 4.69) is 26.2 Å². The van der Waals surface area contributed by atoms with E-state index in [1.807, 2.05) is 23.3 Å². The smallest absolute Gasteiger partial charge is 0.154 e. The van der Waals surface area contributed by atoms with Crippen molar-refractivity contribution in [2.24, 2.45) is 28.1 Å². The molecule has 1 aromatic heterocycles. The van der Waals surface area contributed by atoms with Gasteiger partial charge in [0.25, 0.3) is 0 Å². The highest BCUT2D eigenvalue weighted by Crippen LogP contribution is 2.47. The molecule has 3 heterocycles. The predicted octanol–water partition coefficient (Wildman–Crippen LogP) is 1.88. The zero-order valence-electron chi connectivity index (χ0n) is 13.3. The van der Waals surface area contributed by atoms with Gasteiger partial charge < -0.3 is 10.1 Å². The van der Waals surface area contributed by atoms with Crippen molar-refractivity contribution in [3.05, 3.63) is 24.0 Å². The molecule has 2 N–H and O–H groups in total. The van der Waals surface area contributed by atoms with Crippen LogP contribution in [0, 0.1) is 17.8 Å². The predicted molar refractivity (Wildman–Crippen MR) is 86.4 cm³/mol. The van der Waals surface area contributed by atoms with Crippen molar-refractivity contribution >= 4 is 5.69 Å². The highest BCUT2D eigenvalue weighted by atomic mass is 16.5. The van der Waals surface area contributed by atoms with Gasteiger partial charge in [0.05, 0.1) is 30.8 Å². The van der Waals surface area contributed by atoms with Crippen molar-refractivity contribution in [3.8, 4) is 0 Å². The van der Waals surface area contributed by atoms with Crippen LogP contribution in [0.1, 0.15) is 25.0 Å². The van der Waals surface area contributed by atoms with Crippen molar-refractivity contribution in [2.75, 3.05) is 31.4 Å². The van der Waals surface area contributed by atoms with Crippen LogP contribution < -0.4 is 15.9 Å². The first kappa shape index (κ1) is 14.8. The van der Waals surface area contributed by atoms with E-state index in [1.165, 1.54) is 32.4 Å². The summed E-state index contributed by atoms with van der Waals surface area (Å²) in [7, 11) is 0. The van der Waals surface area contributed by atoms with Crippen LogP contribution in [0.5, 0.6) is 0 Å². The van der Waals surface area contributed by atoms with Gasteiger partial charge in [0.15, 0.2) is 6.67 Å². The van der Waals surface area contributed by atoms with Gasteiger partial charge in [0.1, 0.15) is 0 Å². The average molecular weight is 316 g/mol. The van der Waals surface area contributed by atoms with Crippen LogP contribution in [0.2, 0.25) is 0 Å². The number of nitrogens with zero attached hydrogens (tertiary/aromatic N) is 4. The Morgan fingerprint density at radius 2 is 2.17 bits per heavy atom. The molecule has 1 saturated heterocycles. The van der Waals surface area contributed by atoms with E-state index in [9.17, 15) is 0 Å². The lowest BCUT2D eigenvalue weighted by Crippen LogP contribution is -2.29. The molecule has 2 atom stereocenters. The number of ether oxygens (including phenoxy) is 1.